The quantitative estimate of drug-likeness (QED) is 0.749. The number of halogens is 1. The highest BCUT2D eigenvalue weighted by Gasteiger charge is 2.57. The molecule has 0 heterocycles. The SMILES string of the molecule is COCOc1ccc(C23CC(C2)C3)c(Cl)c1. The maximum absolute atomic E-state index is 6.31. The summed E-state index contributed by atoms with van der Waals surface area (Å²) in [6, 6.07) is 6.00. The van der Waals surface area contributed by atoms with Crippen LogP contribution in [0.4, 0.5) is 0 Å². The third-order valence-corrected chi connectivity index (χ3v) is 4.21. The fourth-order valence-corrected chi connectivity index (χ4v) is 3.32. The summed E-state index contributed by atoms with van der Waals surface area (Å²) in [5, 5.41) is 0.840. The van der Waals surface area contributed by atoms with Gasteiger partial charge in [-0.15, -0.1) is 0 Å². The summed E-state index contributed by atoms with van der Waals surface area (Å²) >= 11 is 6.31. The fourth-order valence-electron chi connectivity index (χ4n) is 2.95. The summed E-state index contributed by atoms with van der Waals surface area (Å²) in [6.07, 6.45) is 3.97. The lowest BCUT2D eigenvalue weighted by Crippen LogP contribution is -2.55. The highest BCUT2D eigenvalue weighted by atomic mass is 35.5. The van der Waals surface area contributed by atoms with Gasteiger partial charge in [0.15, 0.2) is 6.79 Å². The van der Waals surface area contributed by atoms with E-state index in [2.05, 4.69) is 6.07 Å². The molecule has 3 heteroatoms. The van der Waals surface area contributed by atoms with E-state index < -0.39 is 0 Å². The first kappa shape index (κ1) is 10.4. The highest BCUT2D eigenvalue weighted by molar-refractivity contribution is 6.31. The number of hydrogen-bond donors (Lipinski definition) is 0. The smallest absolute Gasteiger partial charge is 0.188 e. The van der Waals surface area contributed by atoms with E-state index in [0.717, 1.165) is 16.7 Å². The Morgan fingerprint density at radius 3 is 2.62 bits per heavy atom. The topological polar surface area (TPSA) is 18.5 Å². The number of benzene rings is 1. The third kappa shape index (κ3) is 1.44. The molecule has 1 aromatic carbocycles. The first-order valence-electron chi connectivity index (χ1n) is 5.65. The molecule has 0 unspecified atom stereocenters. The second-order valence-electron chi connectivity index (χ2n) is 4.95. The third-order valence-electron chi connectivity index (χ3n) is 3.89. The van der Waals surface area contributed by atoms with E-state index in [0.29, 0.717) is 5.41 Å². The van der Waals surface area contributed by atoms with Crippen LogP contribution in [-0.4, -0.2) is 13.9 Å². The van der Waals surface area contributed by atoms with Gasteiger partial charge in [-0.1, -0.05) is 17.7 Å². The first-order chi connectivity index (χ1) is 7.73. The largest absolute Gasteiger partial charge is 0.468 e. The molecule has 3 aliphatic carbocycles. The van der Waals surface area contributed by atoms with Crippen LogP contribution in [0.1, 0.15) is 24.8 Å². The van der Waals surface area contributed by atoms with E-state index in [1.165, 1.54) is 24.8 Å². The second-order valence-corrected chi connectivity index (χ2v) is 5.36. The first-order valence-corrected chi connectivity index (χ1v) is 6.03. The summed E-state index contributed by atoms with van der Waals surface area (Å²) in [5.41, 5.74) is 1.73. The van der Waals surface area contributed by atoms with Gasteiger partial charge in [-0.05, 0) is 48.3 Å². The molecule has 0 saturated heterocycles. The highest BCUT2D eigenvalue weighted by Crippen LogP contribution is 2.66. The van der Waals surface area contributed by atoms with Gasteiger partial charge in [0.05, 0.1) is 0 Å². The minimum atomic E-state index is 0.267. The monoisotopic (exact) mass is 238 g/mol. The number of methoxy groups -OCH3 is 1. The summed E-state index contributed by atoms with van der Waals surface area (Å²) in [4.78, 5) is 0. The molecule has 4 rings (SSSR count). The predicted molar refractivity (Wildman–Crippen MR) is 63.0 cm³/mol. The van der Waals surface area contributed by atoms with Crippen LogP contribution in [0.2, 0.25) is 5.02 Å². The Labute approximate surface area is 101 Å². The Hall–Kier alpha value is -0.730. The Morgan fingerprint density at radius 1 is 1.38 bits per heavy atom. The molecule has 0 amide bonds. The van der Waals surface area contributed by atoms with E-state index in [-0.39, 0.29) is 6.79 Å². The average molecular weight is 239 g/mol. The fraction of sp³-hybridized carbons (Fsp3) is 0.538. The molecule has 1 aromatic rings. The van der Waals surface area contributed by atoms with Crippen LogP contribution in [0.5, 0.6) is 5.75 Å². The predicted octanol–water partition coefficient (Wildman–Crippen LogP) is 3.37. The number of rotatable bonds is 4. The summed E-state index contributed by atoms with van der Waals surface area (Å²) < 4.78 is 10.2. The van der Waals surface area contributed by atoms with Crippen molar-refractivity contribution >= 4 is 11.6 Å². The van der Waals surface area contributed by atoms with Crippen LogP contribution in [0.15, 0.2) is 18.2 Å². The average Bonchev–Trinajstić information content (AvgIpc) is 2.14. The van der Waals surface area contributed by atoms with Crippen molar-refractivity contribution in [1.29, 1.82) is 0 Å². The van der Waals surface area contributed by atoms with Crippen LogP contribution >= 0.6 is 11.6 Å². The van der Waals surface area contributed by atoms with Crippen LogP contribution in [0, 0.1) is 5.92 Å². The van der Waals surface area contributed by atoms with Crippen molar-refractivity contribution in [2.45, 2.75) is 24.7 Å². The lowest BCUT2D eigenvalue weighted by atomic mass is 9.42. The van der Waals surface area contributed by atoms with Gasteiger partial charge in [-0.3, -0.25) is 0 Å². The molecule has 0 aromatic heterocycles. The molecular formula is C13H15ClO2. The van der Waals surface area contributed by atoms with Crippen molar-refractivity contribution < 1.29 is 9.47 Å². The van der Waals surface area contributed by atoms with Gasteiger partial charge >= 0.3 is 0 Å². The van der Waals surface area contributed by atoms with E-state index in [1.807, 2.05) is 12.1 Å². The Morgan fingerprint density at radius 2 is 2.12 bits per heavy atom. The van der Waals surface area contributed by atoms with Crippen molar-refractivity contribution in [3.63, 3.8) is 0 Å². The Kier molecular flexibility index (Phi) is 2.37. The number of hydrogen-bond acceptors (Lipinski definition) is 2. The summed E-state index contributed by atoms with van der Waals surface area (Å²) in [7, 11) is 1.61. The summed E-state index contributed by atoms with van der Waals surface area (Å²) in [6.45, 7) is 0.267. The normalized spacial score (nSPS) is 30.5. The lowest BCUT2D eigenvalue weighted by molar-refractivity contribution is -0.0273. The van der Waals surface area contributed by atoms with Gasteiger partial charge in [0.2, 0.25) is 0 Å². The van der Waals surface area contributed by atoms with Crippen molar-refractivity contribution in [2.24, 2.45) is 5.92 Å². The van der Waals surface area contributed by atoms with Crippen molar-refractivity contribution in [2.75, 3.05) is 13.9 Å². The molecule has 0 radical (unpaired) electrons. The molecule has 16 heavy (non-hydrogen) atoms. The molecule has 3 saturated carbocycles. The van der Waals surface area contributed by atoms with E-state index in [1.54, 1.807) is 7.11 Å². The van der Waals surface area contributed by atoms with E-state index in [9.17, 15) is 0 Å². The minimum Gasteiger partial charge on any atom is -0.468 e. The molecule has 0 spiro atoms. The van der Waals surface area contributed by atoms with Gasteiger partial charge in [0, 0.05) is 12.1 Å². The van der Waals surface area contributed by atoms with Crippen LogP contribution in [-0.2, 0) is 10.2 Å². The molecule has 0 atom stereocenters. The zero-order valence-electron chi connectivity index (χ0n) is 9.33. The maximum atomic E-state index is 6.31. The Bertz CT molecular complexity index is 399. The van der Waals surface area contributed by atoms with Crippen molar-refractivity contribution in [1.82, 2.24) is 0 Å². The van der Waals surface area contributed by atoms with Gasteiger partial charge in [0.1, 0.15) is 5.75 Å². The van der Waals surface area contributed by atoms with Crippen LogP contribution in [0.3, 0.4) is 0 Å². The van der Waals surface area contributed by atoms with E-state index >= 15 is 0 Å². The van der Waals surface area contributed by atoms with Crippen LogP contribution in [0.25, 0.3) is 0 Å². The van der Waals surface area contributed by atoms with E-state index in [4.69, 9.17) is 21.1 Å². The number of ether oxygens (including phenoxy) is 2. The van der Waals surface area contributed by atoms with Crippen LogP contribution < -0.4 is 4.74 Å². The summed E-state index contributed by atoms with van der Waals surface area (Å²) in [5.74, 6) is 1.75. The second kappa shape index (κ2) is 3.64. The zero-order valence-corrected chi connectivity index (χ0v) is 10.1. The Balaban J connectivity index is 1.80. The molecular weight excluding hydrogens is 224 g/mol. The molecule has 2 bridgehead atoms. The maximum Gasteiger partial charge on any atom is 0.188 e. The molecule has 3 fully saturated rings. The van der Waals surface area contributed by atoms with Gasteiger partial charge in [0.25, 0.3) is 0 Å². The van der Waals surface area contributed by atoms with Gasteiger partial charge in [-0.25, -0.2) is 0 Å². The molecule has 2 nitrogen and oxygen atoms in total. The zero-order chi connectivity index (χ0) is 11.2. The van der Waals surface area contributed by atoms with Gasteiger partial charge < -0.3 is 9.47 Å². The minimum absolute atomic E-state index is 0.267. The molecule has 0 N–H and O–H groups in total. The van der Waals surface area contributed by atoms with Crippen molar-refractivity contribution in [3.05, 3.63) is 28.8 Å². The lowest BCUT2D eigenvalue weighted by Gasteiger charge is -2.62. The molecule has 86 valence electrons. The van der Waals surface area contributed by atoms with Gasteiger partial charge in [-0.2, -0.15) is 0 Å². The van der Waals surface area contributed by atoms with Crippen molar-refractivity contribution in [3.8, 4) is 5.75 Å². The molecule has 3 aliphatic rings. The standard InChI is InChI=1S/C13H15ClO2/c1-15-8-16-10-2-3-11(12(14)4-10)13-5-9(6-13)7-13/h2-4,9H,5-8H2,1H3. The molecule has 0 aliphatic heterocycles.